The minimum absolute atomic E-state index is 0.169. The summed E-state index contributed by atoms with van der Waals surface area (Å²) in [7, 11) is 0. The number of aromatic hydroxyl groups is 1. The molecule has 262 valence electrons. The van der Waals surface area contributed by atoms with E-state index in [9.17, 15) is 5.11 Å². The molecule has 0 saturated carbocycles. The molecule has 0 aliphatic heterocycles. The highest BCUT2D eigenvalue weighted by molar-refractivity contribution is 6.07. The monoisotopic (exact) mass is 693 g/mol. The van der Waals surface area contributed by atoms with Gasteiger partial charge in [0.25, 0.3) is 0 Å². The Labute approximate surface area is 311 Å². The van der Waals surface area contributed by atoms with Gasteiger partial charge in [-0.05, 0) is 114 Å². The number of phenolic OH excluding ortho intramolecular Hbond substituents is 1. The molecule has 0 amide bonds. The predicted molar refractivity (Wildman–Crippen MR) is 218 cm³/mol. The Morgan fingerprint density at radius 1 is 0.585 bits per heavy atom. The summed E-state index contributed by atoms with van der Waals surface area (Å²) < 4.78 is 8.68. The Bertz CT molecular complexity index is 2500. The van der Waals surface area contributed by atoms with Gasteiger partial charge in [0.2, 0.25) is 0 Å². The highest BCUT2D eigenvalue weighted by Crippen LogP contribution is 2.43. The van der Waals surface area contributed by atoms with Crippen LogP contribution >= 0.6 is 0 Å². The van der Waals surface area contributed by atoms with Gasteiger partial charge in [-0.25, -0.2) is 9.97 Å². The fraction of sp³-hybridized carbons (Fsp3) is 0.167. The van der Waals surface area contributed by atoms with Gasteiger partial charge in [0.1, 0.15) is 22.9 Å². The van der Waals surface area contributed by atoms with Gasteiger partial charge < -0.3 is 9.84 Å². The average Bonchev–Trinajstić information content (AvgIpc) is 3.50. The summed E-state index contributed by atoms with van der Waals surface area (Å²) in [4.78, 5) is 10.2. The van der Waals surface area contributed by atoms with E-state index < -0.39 is 0 Å². The van der Waals surface area contributed by atoms with Crippen molar-refractivity contribution in [1.82, 2.24) is 14.5 Å². The third-order valence-electron chi connectivity index (χ3n) is 9.56. The van der Waals surface area contributed by atoms with Crippen LogP contribution in [0.1, 0.15) is 38.8 Å². The van der Waals surface area contributed by atoms with Crippen molar-refractivity contribution >= 4 is 21.9 Å². The van der Waals surface area contributed by atoms with Crippen molar-refractivity contribution in [2.45, 2.75) is 40.5 Å². The van der Waals surface area contributed by atoms with Gasteiger partial charge in [0.15, 0.2) is 0 Å². The average molecular weight is 694 g/mol. The number of fused-ring (bicyclic) bond motifs is 3. The van der Waals surface area contributed by atoms with E-state index in [1.54, 1.807) is 0 Å². The number of hydrogen-bond donors (Lipinski definition) is 1. The third-order valence-corrected chi connectivity index (χ3v) is 9.56. The summed E-state index contributed by atoms with van der Waals surface area (Å²) in [6.07, 6.45) is 3.65. The second-order valence-electron chi connectivity index (χ2n) is 14.7. The largest absolute Gasteiger partial charge is 0.507 e. The Hall–Kier alpha value is -6.20. The van der Waals surface area contributed by atoms with E-state index >= 15 is 0 Å². The molecule has 3 aromatic heterocycles. The van der Waals surface area contributed by atoms with Crippen molar-refractivity contribution in [2.75, 3.05) is 0 Å². The summed E-state index contributed by atoms with van der Waals surface area (Å²) in [6.45, 7) is 8.97. The van der Waals surface area contributed by atoms with Crippen molar-refractivity contribution in [3.63, 3.8) is 0 Å². The number of phenols is 1. The zero-order valence-electron chi connectivity index (χ0n) is 30.6. The van der Waals surface area contributed by atoms with Crippen molar-refractivity contribution in [2.24, 2.45) is 11.8 Å². The predicted octanol–water partition coefficient (Wildman–Crippen LogP) is 12.5. The maximum Gasteiger partial charge on any atom is 0.145 e. The molecule has 8 aromatic rings. The van der Waals surface area contributed by atoms with E-state index in [0.29, 0.717) is 34.4 Å². The number of aromatic nitrogens is 3. The quantitative estimate of drug-likeness (QED) is 0.155. The lowest BCUT2D eigenvalue weighted by atomic mass is 9.94. The molecule has 5 nitrogen and oxygen atoms in total. The van der Waals surface area contributed by atoms with Gasteiger partial charge >= 0.3 is 0 Å². The maximum atomic E-state index is 12.0. The zero-order valence-corrected chi connectivity index (χ0v) is 30.6. The van der Waals surface area contributed by atoms with E-state index in [4.69, 9.17) is 14.7 Å². The van der Waals surface area contributed by atoms with Crippen molar-refractivity contribution in [3.8, 4) is 56.6 Å². The highest BCUT2D eigenvalue weighted by atomic mass is 16.5. The first-order valence-corrected chi connectivity index (χ1v) is 18.5. The molecule has 8 rings (SSSR count). The lowest BCUT2D eigenvalue weighted by Gasteiger charge is -2.17. The Morgan fingerprint density at radius 2 is 1.23 bits per heavy atom. The maximum absolute atomic E-state index is 12.0. The molecule has 5 heteroatoms. The number of pyridine rings is 2. The first-order valence-electron chi connectivity index (χ1n) is 18.5. The fourth-order valence-electron chi connectivity index (χ4n) is 7.38. The molecule has 5 aromatic carbocycles. The summed E-state index contributed by atoms with van der Waals surface area (Å²) in [5.74, 6) is 2.40. The SMILES string of the molecule is CC(C)Cc1cc(-c2cc(CC(C)C)cc(-c3cc(Oc4ccccc4)cc(-c4ccccc4)c3O)n2)cc(-n2c3ccccc3c3cccnc32)c1. The minimum atomic E-state index is 0.169. The highest BCUT2D eigenvalue weighted by Gasteiger charge is 2.20. The number of para-hydroxylation sites is 2. The summed E-state index contributed by atoms with van der Waals surface area (Å²) in [5, 5.41) is 14.3. The van der Waals surface area contributed by atoms with E-state index in [2.05, 4.69) is 92.9 Å². The first-order chi connectivity index (χ1) is 25.8. The van der Waals surface area contributed by atoms with Crippen LogP contribution in [0.4, 0.5) is 0 Å². The number of benzene rings is 5. The fourth-order valence-corrected chi connectivity index (χ4v) is 7.38. The third kappa shape index (κ3) is 7.03. The van der Waals surface area contributed by atoms with Crippen molar-refractivity contribution < 1.29 is 9.84 Å². The van der Waals surface area contributed by atoms with Crippen LogP contribution in [0.2, 0.25) is 0 Å². The van der Waals surface area contributed by atoms with E-state index in [1.165, 1.54) is 10.9 Å². The molecule has 0 unspecified atom stereocenters. The molecule has 3 heterocycles. The molecule has 0 aliphatic rings. The van der Waals surface area contributed by atoms with Crippen molar-refractivity contribution in [1.29, 1.82) is 0 Å². The number of hydrogen-bond acceptors (Lipinski definition) is 4. The molecule has 0 aliphatic carbocycles. The van der Waals surface area contributed by atoms with E-state index in [0.717, 1.165) is 63.2 Å². The van der Waals surface area contributed by atoms with Crippen LogP contribution in [-0.2, 0) is 12.8 Å². The van der Waals surface area contributed by atoms with Crippen LogP contribution in [-0.4, -0.2) is 19.6 Å². The summed E-state index contributed by atoms with van der Waals surface area (Å²) in [6, 6.07) is 47.3. The molecule has 0 radical (unpaired) electrons. The van der Waals surface area contributed by atoms with Gasteiger partial charge in [-0.1, -0.05) is 94.4 Å². The van der Waals surface area contributed by atoms with Crippen LogP contribution < -0.4 is 4.74 Å². The van der Waals surface area contributed by atoms with Crippen LogP contribution in [0, 0.1) is 11.8 Å². The zero-order chi connectivity index (χ0) is 36.5. The molecule has 0 saturated heterocycles. The number of rotatable bonds is 10. The normalized spacial score (nSPS) is 11.6. The Balaban J connectivity index is 1.34. The van der Waals surface area contributed by atoms with Gasteiger partial charge in [0, 0.05) is 39.3 Å². The number of nitrogens with zero attached hydrogens (tertiary/aromatic N) is 3. The first kappa shape index (κ1) is 33.9. The summed E-state index contributed by atoms with van der Waals surface area (Å²) in [5.41, 5.74) is 10.3. The molecule has 1 N–H and O–H groups in total. The molecule has 0 fully saturated rings. The van der Waals surface area contributed by atoms with Crippen molar-refractivity contribution in [3.05, 3.63) is 157 Å². The Morgan fingerprint density at radius 3 is 1.98 bits per heavy atom. The standard InChI is InChI=1S/C48H43N3O2/c1-31(2)22-33-24-36(28-37(25-33)51-46-20-12-11-18-40(46)41-19-13-21-49-48(41)51)44-26-34(23-32(3)4)27-45(50-44)43-30-39(53-38-16-9-6-10-17-38)29-42(47(43)52)35-14-7-5-8-15-35/h5-21,24-32,52H,22-23H2,1-4H3. The topological polar surface area (TPSA) is 60.2 Å². The molecule has 0 bridgehead atoms. The molecular formula is C48H43N3O2. The second-order valence-corrected chi connectivity index (χ2v) is 14.7. The molecule has 53 heavy (non-hydrogen) atoms. The van der Waals surface area contributed by atoms with Gasteiger partial charge in [-0.2, -0.15) is 0 Å². The minimum Gasteiger partial charge on any atom is -0.507 e. The van der Waals surface area contributed by atoms with Gasteiger partial charge in [-0.15, -0.1) is 0 Å². The van der Waals surface area contributed by atoms with Gasteiger partial charge in [-0.3, -0.25) is 4.57 Å². The smallest absolute Gasteiger partial charge is 0.145 e. The second kappa shape index (κ2) is 14.4. The lowest BCUT2D eigenvalue weighted by molar-refractivity contribution is 0.468. The molecule has 0 spiro atoms. The number of ether oxygens (including phenoxy) is 1. The van der Waals surface area contributed by atoms with E-state index in [-0.39, 0.29) is 5.75 Å². The van der Waals surface area contributed by atoms with Crippen LogP contribution in [0.3, 0.4) is 0 Å². The van der Waals surface area contributed by atoms with Gasteiger partial charge in [0.05, 0.1) is 16.9 Å². The lowest BCUT2D eigenvalue weighted by Crippen LogP contribution is -2.02. The molecular weight excluding hydrogens is 651 g/mol. The Kier molecular flexibility index (Phi) is 9.24. The van der Waals surface area contributed by atoms with Crippen LogP contribution in [0.5, 0.6) is 17.2 Å². The van der Waals surface area contributed by atoms with Crippen LogP contribution in [0.15, 0.2) is 146 Å². The van der Waals surface area contributed by atoms with E-state index in [1.807, 2.05) is 85.1 Å². The van der Waals surface area contributed by atoms with Crippen LogP contribution in [0.25, 0.3) is 61.3 Å². The molecule has 0 atom stereocenters. The summed E-state index contributed by atoms with van der Waals surface area (Å²) >= 11 is 0.